The summed E-state index contributed by atoms with van der Waals surface area (Å²) in [6, 6.07) is 13.1. The molecule has 0 atom stereocenters. The van der Waals surface area contributed by atoms with Crippen molar-refractivity contribution < 1.29 is 0 Å². The molecule has 2 aromatic carbocycles. The molecule has 21 heavy (non-hydrogen) atoms. The van der Waals surface area contributed by atoms with Gasteiger partial charge in [0.15, 0.2) is 0 Å². The topological polar surface area (TPSA) is 18.5 Å². The third-order valence-electron chi connectivity index (χ3n) is 4.13. The fourth-order valence-corrected chi connectivity index (χ4v) is 3.02. The van der Waals surface area contributed by atoms with E-state index >= 15 is 0 Å². The van der Waals surface area contributed by atoms with Gasteiger partial charge in [0.25, 0.3) is 0 Å². The Kier molecular flexibility index (Phi) is 3.50. The molecule has 1 heterocycles. The second-order valence-electron chi connectivity index (χ2n) is 6.04. The van der Waals surface area contributed by atoms with E-state index < -0.39 is 0 Å². The van der Waals surface area contributed by atoms with Crippen LogP contribution in [0.15, 0.2) is 36.4 Å². The highest BCUT2D eigenvalue weighted by Crippen LogP contribution is 2.40. The number of para-hydroxylation sites is 2. The quantitative estimate of drug-likeness (QED) is 0.906. The van der Waals surface area contributed by atoms with Gasteiger partial charge in [-0.3, -0.25) is 0 Å². The maximum Gasteiger partial charge on any atom is 0.0655 e. The Bertz CT molecular complexity index is 602. The standard InChI is InChI=1S/C18H23N3/c1-20(2)15-9-5-7-13-11-12-14-8-6-10-16(21(3)4)18(14)19-17(13)15/h5-10,19H,11-12H2,1-4H3. The highest BCUT2D eigenvalue weighted by molar-refractivity contribution is 5.86. The van der Waals surface area contributed by atoms with E-state index in [-0.39, 0.29) is 0 Å². The summed E-state index contributed by atoms with van der Waals surface area (Å²) in [6.07, 6.45) is 2.15. The van der Waals surface area contributed by atoms with E-state index in [4.69, 9.17) is 0 Å². The molecule has 3 nitrogen and oxygen atoms in total. The predicted molar refractivity (Wildman–Crippen MR) is 92.2 cm³/mol. The van der Waals surface area contributed by atoms with Crippen molar-refractivity contribution in [3.8, 4) is 0 Å². The minimum Gasteiger partial charge on any atom is -0.376 e. The molecule has 110 valence electrons. The lowest BCUT2D eigenvalue weighted by Crippen LogP contribution is -2.14. The summed E-state index contributed by atoms with van der Waals surface area (Å²) in [5.74, 6) is 0. The third-order valence-corrected chi connectivity index (χ3v) is 4.13. The lowest BCUT2D eigenvalue weighted by atomic mass is 10.0. The Hall–Kier alpha value is -2.16. The molecule has 0 aliphatic carbocycles. The van der Waals surface area contributed by atoms with Gasteiger partial charge >= 0.3 is 0 Å². The molecule has 1 N–H and O–H groups in total. The molecular weight excluding hydrogens is 258 g/mol. The van der Waals surface area contributed by atoms with Crippen LogP contribution in [0.3, 0.4) is 0 Å². The van der Waals surface area contributed by atoms with Crippen molar-refractivity contribution >= 4 is 22.7 Å². The Morgan fingerprint density at radius 3 is 1.52 bits per heavy atom. The first kappa shape index (κ1) is 13.8. The van der Waals surface area contributed by atoms with Gasteiger partial charge in [-0.25, -0.2) is 0 Å². The normalized spacial score (nSPS) is 12.8. The van der Waals surface area contributed by atoms with Crippen molar-refractivity contribution in [3.05, 3.63) is 47.5 Å². The van der Waals surface area contributed by atoms with Gasteiger partial charge in [0.2, 0.25) is 0 Å². The van der Waals surface area contributed by atoms with Gasteiger partial charge in [-0.2, -0.15) is 0 Å². The van der Waals surface area contributed by atoms with E-state index in [9.17, 15) is 0 Å². The zero-order valence-corrected chi connectivity index (χ0v) is 13.3. The first-order chi connectivity index (χ1) is 10.1. The van der Waals surface area contributed by atoms with Crippen molar-refractivity contribution in [1.82, 2.24) is 0 Å². The molecule has 3 heteroatoms. The van der Waals surface area contributed by atoms with Gasteiger partial charge < -0.3 is 15.1 Å². The number of aryl methyl sites for hydroxylation is 2. The van der Waals surface area contributed by atoms with Gasteiger partial charge in [0.1, 0.15) is 0 Å². The molecule has 0 bridgehead atoms. The van der Waals surface area contributed by atoms with Crippen LogP contribution in [0, 0.1) is 0 Å². The van der Waals surface area contributed by atoms with Gasteiger partial charge in [0, 0.05) is 28.2 Å². The molecule has 0 unspecified atom stereocenters. The van der Waals surface area contributed by atoms with Crippen molar-refractivity contribution in [2.45, 2.75) is 12.8 Å². The number of rotatable bonds is 2. The number of anilines is 4. The van der Waals surface area contributed by atoms with E-state index in [0.29, 0.717) is 0 Å². The fourth-order valence-electron chi connectivity index (χ4n) is 3.02. The first-order valence-corrected chi connectivity index (χ1v) is 7.43. The number of hydrogen-bond donors (Lipinski definition) is 1. The van der Waals surface area contributed by atoms with E-state index in [2.05, 4.69) is 79.7 Å². The molecule has 2 aromatic rings. The van der Waals surface area contributed by atoms with E-state index in [1.807, 2.05) is 0 Å². The number of benzene rings is 2. The molecule has 0 aromatic heterocycles. The molecule has 1 aliphatic rings. The minimum atomic E-state index is 1.08. The van der Waals surface area contributed by atoms with Crippen LogP contribution >= 0.6 is 0 Å². The average molecular weight is 281 g/mol. The molecule has 3 rings (SSSR count). The largest absolute Gasteiger partial charge is 0.376 e. The van der Waals surface area contributed by atoms with E-state index in [0.717, 1.165) is 12.8 Å². The summed E-state index contributed by atoms with van der Waals surface area (Å²) in [6.45, 7) is 0. The summed E-state index contributed by atoms with van der Waals surface area (Å²) in [7, 11) is 8.39. The van der Waals surface area contributed by atoms with Crippen molar-refractivity contribution in [2.75, 3.05) is 43.3 Å². The fraction of sp³-hybridized carbons (Fsp3) is 0.333. The minimum absolute atomic E-state index is 1.08. The van der Waals surface area contributed by atoms with Crippen LogP contribution in [0.2, 0.25) is 0 Å². The number of nitrogens with zero attached hydrogens (tertiary/aromatic N) is 2. The number of fused-ring (bicyclic) bond motifs is 2. The molecule has 0 saturated carbocycles. The molecular formula is C18H23N3. The summed E-state index contributed by atoms with van der Waals surface area (Å²) in [5, 5.41) is 3.72. The van der Waals surface area contributed by atoms with Crippen molar-refractivity contribution in [3.63, 3.8) is 0 Å². The van der Waals surface area contributed by atoms with Gasteiger partial charge in [-0.1, -0.05) is 24.3 Å². The Morgan fingerprint density at radius 2 is 1.14 bits per heavy atom. The zero-order chi connectivity index (χ0) is 15.0. The second kappa shape index (κ2) is 5.32. The van der Waals surface area contributed by atoms with Gasteiger partial charge in [0.05, 0.1) is 22.7 Å². The van der Waals surface area contributed by atoms with Crippen LogP contribution in [0.1, 0.15) is 11.1 Å². The monoisotopic (exact) mass is 281 g/mol. The van der Waals surface area contributed by atoms with Crippen LogP contribution in [-0.4, -0.2) is 28.2 Å². The first-order valence-electron chi connectivity index (χ1n) is 7.43. The number of hydrogen-bond acceptors (Lipinski definition) is 3. The van der Waals surface area contributed by atoms with Crippen LogP contribution in [0.4, 0.5) is 22.7 Å². The Morgan fingerprint density at radius 1 is 0.714 bits per heavy atom. The maximum atomic E-state index is 3.72. The Balaban J connectivity index is 2.16. The SMILES string of the molecule is CN(C)c1cccc2c1Nc1c(cccc1N(C)C)CC2. The van der Waals surface area contributed by atoms with Crippen molar-refractivity contribution in [1.29, 1.82) is 0 Å². The Labute approximate surface area is 127 Å². The summed E-state index contributed by atoms with van der Waals surface area (Å²) in [5.41, 5.74) is 7.76. The van der Waals surface area contributed by atoms with Crippen LogP contribution < -0.4 is 15.1 Å². The lowest BCUT2D eigenvalue weighted by Gasteiger charge is -2.23. The van der Waals surface area contributed by atoms with Gasteiger partial charge in [-0.15, -0.1) is 0 Å². The summed E-state index contributed by atoms with van der Waals surface area (Å²) in [4.78, 5) is 4.35. The number of nitrogens with one attached hydrogen (secondary N) is 1. The molecule has 0 saturated heterocycles. The lowest BCUT2D eigenvalue weighted by molar-refractivity contribution is 0.973. The summed E-state index contributed by atoms with van der Waals surface area (Å²) >= 11 is 0. The molecule has 0 radical (unpaired) electrons. The average Bonchev–Trinajstić information content (AvgIpc) is 2.65. The second-order valence-corrected chi connectivity index (χ2v) is 6.04. The third kappa shape index (κ3) is 2.44. The summed E-state index contributed by atoms with van der Waals surface area (Å²) < 4.78 is 0. The van der Waals surface area contributed by atoms with E-state index in [1.54, 1.807) is 0 Å². The maximum absolute atomic E-state index is 3.72. The molecule has 0 fully saturated rings. The van der Waals surface area contributed by atoms with Gasteiger partial charge in [-0.05, 0) is 36.1 Å². The van der Waals surface area contributed by atoms with Crippen LogP contribution in [0.5, 0.6) is 0 Å². The van der Waals surface area contributed by atoms with Crippen LogP contribution in [0.25, 0.3) is 0 Å². The van der Waals surface area contributed by atoms with Crippen molar-refractivity contribution in [2.24, 2.45) is 0 Å². The highest BCUT2D eigenvalue weighted by Gasteiger charge is 2.19. The predicted octanol–water partition coefficient (Wildman–Crippen LogP) is 3.66. The molecule has 0 amide bonds. The zero-order valence-electron chi connectivity index (χ0n) is 13.3. The van der Waals surface area contributed by atoms with Crippen LogP contribution in [-0.2, 0) is 12.8 Å². The highest BCUT2D eigenvalue weighted by atomic mass is 15.1. The molecule has 1 aliphatic heterocycles. The van der Waals surface area contributed by atoms with E-state index in [1.165, 1.54) is 33.9 Å². The molecule has 0 spiro atoms. The smallest absolute Gasteiger partial charge is 0.0655 e.